The van der Waals surface area contributed by atoms with Gasteiger partial charge in [0.05, 0.1) is 5.69 Å². The molecule has 1 fully saturated rings. The first-order valence-corrected chi connectivity index (χ1v) is 10.7. The fourth-order valence-corrected chi connectivity index (χ4v) is 4.74. The number of hydrogen-bond donors (Lipinski definition) is 0. The Bertz CT molecular complexity index is 1110. The van der Waals surface area contributed by atoms with E-state index in [1.165, 1.54) is 11.1 Å². The molecular formula is C24H26N4O2. The normalized spacial score (nSPS) is 17.2. The number of aryl methyl sites for hydroxylation is 1. The summed E-state index contributed by atoms with van der Waals surface area (Å²) >= 11 is 0. The molecule has 0 radical (unpaired) electrons. The third kappa shape index (κ3) is 3.26. The van der Waals surface area contributed by atoms with Crippen molar-refractivity contribution in [2.24, 2.45) is 5.92 Å². The summed E-state index contributed by atoms with van der Waals surface area (Å²) in [6, 6.07) is 14.1. The van der Waals surface area contributed by atoms with Crippen LogP contribution >= 0.6 is 0 Å². The quantitative estimate of drug-likeness (QED) is 0.662. The third-order valence-corrected chi connectivity index (χ3v) is 6.55. The van der Waals surface area contributed by atoms with Crippen molar-refractivity contribution in [2.75, 3.05) is 19.6 Å². The second kappa shape index (κ2) is 7.59. The molecule has 30 heavy (non-hydrogen) atoms. The van der Waals surface area contributed by atoms with Gasteiger partial charge in [0.25, 0.3) is 5.91 Å². The molecule has 1 saturated heterocycles. The number of rotatable bonds is 2. The number of aromatic nitrogens is 2. The number of carbonyl (C=O) groups excluding carboxylic acids is 2. The second-order valence-electron chi connectivity index (χ2n) is 8.32. The number of piperidine rings is 1. The van der Waals surface area contributed by atoms with Gasteiger partial charge in [0.1, 0.15) is 11.3 Å². The Morgan fingerprint density at radius 2 is 1.67 bits per heavy atom. The van der Waals surface area contributed by atoms with Gasteiger partial charge in [0.15, 0.2) is 0 Å². The molecule has 2 aliphatic heterocycles. The molecule has 6 heteroatoms. The number of carbonyl (C=O) groups is 2. The highest BCUT2D eigenvalue weighted by molar-refractivity contribution is 5.94. The first kappa shape index (κ1) is 18.9. The molecule has 2 amide bonds. The lowest BCUT2D eigenvalue weighted by Crippen LogP contribution is -2.45. The van der Waals surface area contributed by atoms with Crippen LogP contribution in [-0.2, 0) is 17.8 Å². The van der Waals surface area contributed by atoms with Crippen molar-refractivity contribution in [1.82, 2.24) is 19.2 Å². The first-order chi connectivity index (χ1) is 14.6. The Hall–Kier alpha value is -3.15. The topological polar surface area (TPSA) is 57.9 Å². The molecule has 1 aromatic carbocycles. The molecule has 0 saturated carbocycles. The Morgan fingerprint density at radius 3 is 2.43 bits per heavy atom. The Morgan fingerprint density at radius 1 is 0.933 bits per heavy atom. The van der Waals surface area contributed by atoms with Crippen LogP contribution in [0.5, 0.6) is 0 Å². The van der Waals surface area contributed by atoms with Crippen LogP contribution in [0.3, 0.4) is 0 Å². The maximum absolute atomic E-state index is 13.1. The van der Waals surface area contributed by atoms with Gasteiger partial charge in [0, 0.05) is 38.3 Å². The van der Waals surface area contributed by atoms with Gasteiger partial charge in [0.2, 0.25) is 5.91 Å². The van der Waals surface area contributed by atoms with Gasteiger partial charge in [-0.2, -0.15) is 0 Å². The molecule has 0 aliphatic carbocycles. The first-order valence-electron chi connectivity index (χ1n) is 10.7. The summed E-state index contributed by atoms with van der Waals surface area (Å²) in [7, 11) is 0. The number of fused-ring (bicyclic) bond motifs is 2. The summed E-state index contributed by atoms with van der Waals surface area (Å²) in [5, 5.41) is 0. The highest BCUT2D eigenvalue weighted by atomic mass is 16.2. The molecule has 2 aromatic heterocycles. The lowest BCUT2D eigenvalue weighted by Gasteiger charge is -2.36. The van der Waals surface area contributed by atoms with E-state index < -0.39 is 0 Å². The molecule has 4 heterocycles. The third-order valence-electron chi connectivity index (χ3n) is 6.55. The van der Waals surface area contributed by atoms with E-state index in [1.807, 2.05) is 51.6 Å². The number of benzene rings is 1. The van der Waals surface area contributed by atoms with Crippen LogP contribution in [0.4, 0.5) is 0 Å². The van der Waals surface area contributed by atoms with Crippen molar-refractivity contribution < 1.29 is 9.59 Å². The number of imidazole rings is 1. The molecule has 0 atom stereocenters. The van der Waals surface area contributed by atoms with E-state index in [-0.39, 0.29) is 17.7 Å². The summed E-state index contributed by atoms with van der Waals surface area (Å²) in [5.41, 5.74) is 4.77. The van der Waals surface area contributed by atoms with Crippen LogP contribution in [0.1, 0.15) is 40.2 Å². The van der Waals surface area contributed by atoms with Crippen molar-refractivity contribution >= 4 is 17.5 Å². The van der Waals surface area contributed by atoms with Gasteiger partial charge in [-0.05, 0) is 49.4 Å². The van der Waals surface area contributed by atoms with Gasteiger partial charge in [-0.15, -0.1) is 0 Å². The maximum atomic E-state index is 13.1. The van der Waals surface area contributed by atoms with Crippen LogP contribution < -0.4 is 0 Å². The molecule has 0 spiro atoms. The predicted octanol–water partition coefficient (Wildman–Crippen LogP) is 3.08. The highest BCUT2D eigenvalue weighted by Crippen LogP contribution is 2.25. The maximum Gasteiger partial charge on any atom is 0.274 e. The monoisotopic (exact) mass is 402 g/mol. The standard InChI is InChI=1S/C24H26N4O2/c1-17-22(25-21-8-4-5-12-28(17)21)24(30)26-13-10-19(11-14-26)23(29)27-15-9-18-6-2-3-7-20(18)16-27/h2-8,12,19H,9-11,13-16H2,1H3. The van der Waals surface area contributed by atoms with Crippen molar-refractivity contribution in [1.29, 1.82) is 0 Å². The molecular weight excluding hydrogens is 376 g/mol. The average molecular weight is 402 g/mol. The van der Waals surface area contributed by atoms with Crippen LogP contribution in [0, 0.1) is 12.8 Å². The van der Waals surface area contributed by atoms with Crippen LogP contribution in [0.15, 0.2) is 48.7 Å². The Kier molecular flexibility index (Phi) is 4.77. The van der Waals surface area contributed by atoms with E-state index in [9.17, 15) is 9.59 Å². The van der Waals surface area contributed by atoms with Gasteiger partial charge >= 0.3 is 0 Å². The van der Waals surface area contributed by atoms with E-state index in [2.05, 4.69) is 23.2 Å². The largest absolute Gasteiger partial charge is 0.338 e. The van der Waals surface area contributed by atoms with E-state index >= 15 is 0 Å². The Labute approximate surface area is 176 Å². The van der Waals surface area contributed by atoms with Crippen LogP contribution in [0.25, 0.3) is 5.65 Å². The lowest BCUT2D eigenvalue weighted by molar-refractivity contribution is -0.137. The fraction of sp³-hybridized carbons (Fsp3) is 0.375. The molecule has 5 rings (SSSR count). The van der Waals surface area contributed by atoms with E-state index in [4.69, 9.17) is 0 Å². The second-order valence-corrected chi connectivity index (χ2v) is 8.32. The van der Waals surface area contributed by atoms with Gasteiger partial charge in [-0.25, -0.2) is 4.98 Å². The summed E-state index contributed by atoms with van der Waals surface area (Å²) in [6.45, 7) is 4.63. The molecule has 2 aliphatic rings. The Balaban J connectivity index is 1.23. The van der Waals surface area contributed by atoms with E-state index in [0.717, 1.165) is 37.1 Å². The van der Waals surface area contributed by atoms with E-state index in [0.29, 0.717) is 25.3 Å². The predicted molar refractivity (Wildman–Crippen MR) is 114 cm³/mol. The van der Waals surface area contributed by atoms with Crippen LogP contribution in [0.2, 0.25) is 0 Å². The summed E-state index contributed by atoms with van der Waals surface area (Å²) in [5.74, 6) is 0.205. The van der Waals surface area contributed by atoms with Gasteiger partial charge in [-0.3, -0.25) is 9.59 Å². The number of nitrogens with zero attached hydrogens (tertiary/aromatic N) is 4. The zero-order chi connectivity index (χ0) is 20.7. The summed E-state index contributed by atoms with van der Waals surface area (Å²) < 4.78 is 1.94. The van der Waals surface area contributed by atoms with Crippen molar-refractivity contribution in [2.45, 2.75) is 32.7 Å². The average Bonchev–Trinajstić information content (AvgIpc) is 3.14. The molecule has 154 valence electrons. The number of pyridine rings is 1. The van der Waals surface area contributed by atoms with Crippen molar-refractivity contribution in [3.8, 4) is 0 Å². The summed E-state index contributed by atoms with van der Waals surface area (Å²) in [4.78, 5) is 34.5. The minimum atomic E-state index is -0.0333. The summed E-state index contributed by atoms with van der Waals surface area (Å²) in [6.07, 6.45) is 4.28. The highest BCUT2D eigenvalue weighted by Gasteiger charge is 2.32. The van der Waals surface area contributed by atoms with E-state index in [1.54, 1.807) is 0 Å². The minimum absolute atomic E-state index is 0.00137. The fourth-order valence-electron chi connectivity index (χ4n) is 4.74. The molecule has 0 N–H and O–H groups in total. The lowest BCUT2D eigenvalue weighted by atomic mass is 9.93. The number of amides is 2. The zero-order valence-electron chi connectivity index (χ0n) is 17.3. The zero-order valence-corrected chi connectivity index (χ0v) is 17.3. The SMILES string of the molecule is Cc1c(C(=O)N2CCC(C(=O)N3CCc4ccccc4C3)CC2)nc2ccccn12. The smallest absolute Gasteiger partial charge is 0.274 e. The van der Waals surface area contributed by atoms with Crippen molar-refractivity contribution in [3.05, 3.63) is 71.2 Å². The van der Waals surface area contributed by atoms with Gasteiger partial charge in [-0.1, -0.05) is 30.3 Å². The molecule has 0 unspecified atom stereocenters. The molecule has 3 aromatic rings. The van der Waals surface area contributed by atoms with Crippen LogP contribution in [-0.4, -0.2) is 50.6 Å². The molecule has 0 bridgehead atoms. The molecule has 6 nitrogen and oxygen atoms in total. The number of hydrogen-bond acceptors (Lipinski definition) is 3. The van der Waals surface area contributed by atoms with Gasteiger partial charge < -0.3 is 14.2 Å². The minimum Gasteiger partial charge on any atom is -0.338 e. The van der Waals surface area contributed by atoms with Crippen molar-refractivity contribution in [3.63, 3.8) is 0 Å². The number of likely N-dealkylation sites (tertiary alicyclic amines) is 1.